The van der Waals surface area contributed by atoms with Crippen LogP contribution in [-0.2, 0) is 0 Å². The molecule has 1 aliphatic heterocycles. The van der Waals surface area contributed by atoms with Crippen molar-refractivity contribution in [3.63, 3.8) is 0 Å². The summed E-state index contributed by atoms with van der Waals surface area (Å²) < 4.78 is 5.17. The van der Waals surface area contributed by atoms with Gasteiger partial charge in [0.2, 0.25) is 0 Å². The highest BCUT2D eigenvalue weighted by atomic mass is 32.1. The Balaban J connectivity index is 1.56. The fourth-order valence-electron chi connectivity index (χ4n) is 3.16. The number of methoxy groups -OCH3 is 1. The molecule has 4 nitrogen and oxygen atoms in total. The molecule has 1 fully saturated rings. The summed E-state index contributed by atoms with van der Waals surface area (Å²) in [6.07, 6.45) is 2.65. The fourth-order valence-corrected chi connectivity index (χ4v) is 4.24. The third-order valence-electron chi connectivity index (χ3n) is 4.44. The normalized spacial score (nSPS) is 15.9. The average molecular weight is 363 g/mol. The largest absolute Gasteiger partial charge is 0.497 e. The lowest BCUT2D eigenvalue weighted by atomic mass is 10.2. The van der Waals surface area contributed by atoms with E-state index in [0.29, 0.717) is 11.2 Å². The van der Waals surface area contributed by atoms with Gasteiger partial charge in [-0.15, -0.1) is 11.3 Å². The quantitative estimate of drug-likeness (QED) is 0.690. The first-order valence-electron chi connectivity index (χ1n) is 8.33. The lowest BCUT2D eigenvalue weighted by molar-refractivity contribution is -0.918. The smallest absolute Gasteiger partial charge is 0.171 e. The number of thiocarbonyl (C=S) groups is 1. The number of rotatable bonds is 6. The van der Waals surface area contributed by atoms with Gasteiger partial charge in [0.15, 0.2) is 5.11 Å². The predicted molar refractivity (Wildman–Crippen MR) is 104 cm³/mol. The zero-order valence-electron chi connectivity index (χ0n) is 13.9. The number of nitrogens with one attached hydrogen (secondary N) is 3. The van der Waals surface area contributed by atoms with Crippen LogP contribution in [0.5, 0.6) is 5.75 Å². The van der Waals surface area contributed by atoms with Gasteiger partial charge in [-0.05, 0) is 47.9 Å². The zero-order valence-corrected chi connectivity index (χ0v) is 15.5. The first kappa shape index (κ1) is 17.2. The van der Waals surface area contributed by atoms with E-state index in [-0.39, 0.29) is 0 Å². The second kappa shape index (κ2) is 8.46. The highest BCUT2D eigenvalue weighted by Gasteiger charge is 2.28. The van der Waals surface area contributed by atoms with E-state index >= 15 is 0 Å². The Morgan fingerprint density at radius 2 is 2.00 bits per heavy atom. The van der Waals surface area contributed by atoms with Crippen molar-refractivity contribution >= 4 is 34.4 Å². The molecule has 0 aliphatic carbocycles. The lowest BCUT2D eigenvalue weighted by Gasteiger charge is -2.24. The van der Waals surface area contributed by atoms with Gasteiger partial charge in [0.1, 0.15) is 11.8 Å². The molecule has 1 atom stereocenters. The number of hydrogen-bond acceptors (Lipinski definition) is 3. The van der Waals surface area contributed by atoms with E-state index in [2.05, 4.69) is 28.1 Å². The maximum Gasteiger partial charge on any atom is 0.171 e. The lowest BCUT2D eigenvalue weighted by Crippen LogP contribution is -3.11. The Labute approximate surface area is 152 Å². The van der Waals surface area contributed by atoms with E-state index in [4.69, 9.17) is 17.0 Å². The highest BCUT2D eigenvalue weighted by Crippen LogP contribution is 2.18. The van der Waals surface area contributed by atoms with Crippen LogP contribution in [0.2, 0.25) is 0 Å². The Hall–Kier alpha value is -1.63. The van der Waals surface area contributed by atoms with Crippen LogP contribution in [0, 0.1) is 0 Å². The number of quaternary nitrogens is 1. The van der Waals surface area contributed by atoms with Gasteiger partial charge in [0, 0.05) is 18.5 Å². The first-order valence-corrected chi connectivity index (χ1v) is 9.62. The maximum absolute atomic E-state index is 5.46. The van der Waals surface area contributed by atoms with Gasteiger partial charge in [-0.3, -0.25) is 0 Å². The molecule has 0 radical (unpaired) electrons. The Morgan fingerprint density at radius 3 is 2.62 bits per heavy atom. The molecule has 2 aromatic rings. The molecule has 24 heavy (non-hydrogen) atoms. The van der Waals surface area contributed by atoms with E-state index in [1.54, 1.807) is 12.0 Å². The minimum atomic E-state index is 0.475. The molecule has 1 saturated heterocycles. The van der Waals surface area contributed by atoms with Crippen molar-refractivity contribution in [1.29, 1.82) is 0 Å². The average Bonchev–Trinajstić information content (AvgIpc) is 3.30. The van der Waals surface area contributed by atoms with E-state index in [1.807, 2.05) is 35.6 Å². The Kier molecular flexibility index (Phi) is 6.07. The summed E-state index contributed by atoms with van der Waals surface area (Å²) in [7, 11) is 1.67. The van der Waals surface area contributed by atoms with Crippen LogP contribution < -0.4 is 20.3 Å². The van der Waals surface area contributed by atoms with Crippen LogP contribution in [0.15, 0.2) is 41.8 Å². The summed E-state index contributed by atoms with van der Waals surface area (Å²) in [4.78, 5) is 3.10. The van der Waals surface area contributed by atoms with Gasteiger partial charge in [-0.25, -0.2) is 0 Å². The molecular weight excluding hydrogens is 338 g/mol. The Morgan fingerprint density at radius 1 is 1.25 bits per heavy atom. The molecule has 1 aliphatic rings. The molecular formula is C18H24N3OS2+. The summed E-state index contributed by atoms with van der Waals surface area (Å²) in [6, 6.07) is 12.6. The monoisotopic (exact) mass is 362 g/mol. The first-order chi connectivity index (χ1) is 11.8. The van der Waals surface area contributed by atoms with Crippen LogP contribution in [0.3, 0.4) is 0 Å². The molecule has 6 heteroatoms. The van der Waals surface area contributed by atoms with Crippen LogP contribution in [0.4, 0.5) is 5.69 Å². The molecule has 2 heterocycles. The van der Waals surface area contributed by atoms with Gasteiger partial charge in [0.25, 0.3) is 0 Å². The van der Waals surface area contributed by atoms with Crippen molar-refractivity contribution in [2.24, 2.45) is 0 Å². The standard InChI is InChI=1S/C18H23N3OS2/c1-22-15-8-6-14(7-9-15)20-18(23)19-13-16(17-5-4-12-24-17)21-10-2-3-11-21/h4-9,12,16H,2-3,10-11,13H2,1H3,(H2,19,20,23)/p+1/t16-/m0/s1. The topological polar surface area (TPSA) is 37.7 Å². The third-order valence-corrected chi connectivity index (χ3v) is 5.67. The van der Waals surface area contributed by atoms with Crippen LogP contribution in [0.1, 0.15) is 23.8 Å². The molecule has 1 aromatic heterocycles. The molecule has 3 rings (SSSR count). The van der Waals surface area contributed by atoms with Crippen molar-refractivity contribution in [2.45, 2.75) is 18.9 Å². The molecule has 128 valence electrons. The summed E-state index contributed by atoms with van der Waals surface area (Å²) in [5.74, 6) is 0.842. The van der Waals surface area contributed by atoms with E-state index in [1.165, 1.54) is 30.8 Å². The summed E-state index contributed by atoms with van der Waals surface area (Å²) in [6.45, 7) is 3.36. The van der Waals surface area contributed by atoms with Gasteiger partial charge >= 0.3 is 0 Å². The fraction of sp³-hybridized carbons (Fsp3) is 0.389. The van der Waals surface area contributed by atoms with Crippen molar-refractivity contribution in [1.82, 2.24) is 5.32 Å². The number of anilines is 1. The third kappa shape index (κ3) is 4.47. The highest BCUT2D eigenvalue weighted by molar-refractivity contribution is 7.80. The van der Waals surface area contributed by atoms with E-state index < -0.39 is 0 Å². The van der Waals surface area contributed by atoms with Gasteiger partial charge < -0.3 is 20.3 Å². The second-order valence-electron chi connectivity index (χ2n) is 6.00. The van der Waals surface area contributed by atoms with E-state index in [9.17, 15) is 0 Å². The van der Waals surface area contributed by atoms with Crippen molar-refractivity contribution in [3.8, 4) is 5.75 Å². The number of hydrogen-bond donors (Lipinski definition) is 3. The van der Waals surface area contributed by atoms with Crippen molar-refractivity contribution in [2.75, 3.05) is 32.1 Å². The summed E-state index contributed by atoms with van der Waals surface area (Å²) >= 11 is 7.30. The zero-order chi connectivity index (χ0) is 16.8. The maximum atomic E-state index is 5.46. The molecule has 0 saturated carbocycles. The second-order valence-corrected chi connectivity index (χ2v) is 7.38. The van der Waals surface area contributed by atoms with Crippen molar-refractivity contribution < 1.29 is 9.64 Å². The Bertz CT molecular complexity index is 637. The molecule has 3 N–H and O–H groups in total. The van der Waals surface area contributed by atoms with Gasteiger partial charge in [-0.2, -0.15) is 0 Å². The van der Waals surface area contributed by atoms with Crippen LogP contribution in [-0.4, -0.2) is 31.9 Å². The molecule has 0 spiro atoms. The van der Waals surface area contributed by atoms with Crippen LogP contribution >= 0.6 is 23.6 Å². The summed E-state index contributed by atoms with van der Waals surface area (Å²) in [5.41, 5.74) is 0.967. The molecule has 0 bridgehead atoms. The van der Waals surface area contributed by atoms with E-state index in [0.717, 1.165) is 18.0 Å². The SMILES string of the molecule is COc1ccc(NC(=S)NC[C@@H](c2cccs2)[NH+]2CCCC2)cc1. The molecule has 1 aromatic carbocycles. The number of likely N-dealkylation sites (tertiary alicyclic amines) is 1. The number of thiophene rings is 1. The number of benzene rings is 1. The summed E-state index contributed by atoms with van der Waals surface area (Å²) in [5, 5.41) is 9.47. The minimum absolute atomic E-state index is 0.475. The minimum Gasteiger partial charge on any atom is -0.497 e. The molecule has 0 unspecified atom stereocenters. The van der Waals surface area contributed by atoms with Crippen LogP contribution in [0.25, 0.3) is 0 Å². The molecule has 0 amide bonds. The van der Waals surface area contributed by atoms with Gasteiger partial charge in [0.05, 0.1) is 31.6 Å². The van der Waals surface area contributed by atoms with Gasteiger partial charge in [-0.1, -0.05) is 6.07 Å². The van der Waals surface area contributed by atoms with Crippen molar-refractivity contribution in [3.05, 3.63) is 46.7 Å². The predicted octanol–water partition coefficient (Wildman–Crippen LogP) is 2.46. The number of ether oxygens (including phenoxy) is 1.